The van der Waals surface area contributed by atoms with Crippen LogP contribution in [-0.2, 0) is 11.2 Å². The number of nitrogens with one attached hydrogen (secondary N) is 1. The second-order valence-corrected chi connectivity index (χ2v) is 3.17. The van der Waals surface area contributed by atoms with E-state index in [4.69, 9.17) is 4.74 Å². The first kappa shape index (κ1) is 11.5. The number of alkyl carbamates (subject to hydrolysis) is 1. The summed E-state index contributed by atoms with van der Waals surface area (Å²) in [5.41, 5.74) is 1.10. The van der Waals surface area contributed by atoms with Gasteiger partial charge in [-0.3, -0.25) is 4.98 Å². The maximum atomic E-state index is 11.0. The molecule has 1 amide bonds. The Morgan fingerprint density at radius 1 is 1.60 bits per heavy atom. The molecule has 0 aliphatic heterocycles. The van der Waals surface area contributed by atoms with Crippen molar-refractivity contribution in [2.45, 2.75) is 19.8 Å². The minimum atomic E-state index is -0.347. The molecule has 0 unspecified atom stereocenters. The van der Waals surface area contributed by atoms with Crippen LogP contribution in [0.5, 0.6) is 0 Å². The van der Waals surface area contributed by atoms with Crippen molar-refractivity contribution in [3.8, 4) is 0 Å². The molecule has 0 radical (unpaired) electrons. The van der Waals surface area contributed by atoms with Gasteiger partial charge in [-0.05, 0) is 24.5 Å². The minimum absolute atomic E-state index is 0.347. The van der Waals surface area contributed by atoms with Gasteiger partial charge in [0.2, 0.25) is 0 Å². The quantitative estimate of drug-likeness (QED) is 0.802. The lowest BCUT2D eigenvalue weighted by molar-refractivity contribution is 0.146. The number of pyridine rings is 1. The second-order valence-electron chi connectivity index (χ2n) is 3.17. The molecular weight excluding hydrogens is 192 g/mol. The summed E-state index contributed by atoms with van der Waals surface area (Å²) in [5, 5.41) is 2.68. The third-order valence-electron chi connectivity index (χ3n) is 1.84. The zero-order chi connectivity index (χ0) is 10.9. The standard InChI is InChI=1S/C11H16N2O2/c1-2-8-15-11(14)13-7-5-10-4-3-6-12-9-10/h3-4,6,9H,2,5,7-8H2,1H3,(H,13,14). The predicted molar refractivity (Wildman–Crippen MR) is 57.6 cm³/mol. The first-order valence-electron chi connectivity index (χ1n) is 5.12. The summed E-state index contributed by atoms with van der Waals surface area (Å²) < 4.78 is 4.86. The molecule has 1 aromatic heterocycles. The lowest BCUT2D eigenvalue weighted by Crippen LogP contribution is -2.26. The highest BCUT2D eigenvalue weighted by Gasteiger charge is 1.99. The molecule has 4 heteroatoms. The van der Waals surface area contributed by atoms with Gasteiger partial charge in [0.05, 0.1) is 6.61 Å². The van der Waals surface area contributed by atoms with Gasteiger partial charge >= 0.3 is 6.09 Å². The Hall–Kier alpha value is -1.58. The van der Waals surface area contributed by atoms with E-state index in [0.717, 1.165) is 18.4 Å². The van der Waals surface area contributed by atoms with Gasteiger partial charge < -0.3 is 10.1 Å². The van der Waals surface area contributed by atoms with E-state index < -0.39 is 0 Å². The number of ether oxygens (including phenoxy) is 1. The van der Waals surface area contributed by atoms with E-state index in [1.165, 1.54) is 0 Å². The number of aromatic nitrogens is 1. The van der Waals surface area contributed by atoms with E-state index >= 15 is 0 Å². The van der Waals surface area contributed by atoms with Crippen molar-refractivity contribution in [3.05, 3.63) is 30.1 Å². The fourth-order valence-electron chi connectivity index (χ4n) is 1.10. The minimum Gasteiger partial charge on any atom is -0.450 e. The molecule has 0 atom stereocenters. The van der Waals surface area contributed by atoms with E-state index in [1.54, 1.807) is 12.4 Å². The first-order valence-corrected chi connectivity index (χ1v) is 5.12. The van der Waals surface area contributed by atoms with Gasteiger partial charge in [0.25, 0.3) is 0 Å². The normalized spacial score (nSPS) is 9.67. The fraction of sp³-hybridized carbons (Fsp3) is 0.455. The molecule has 4 nitrogen and oxygen atoms in total. The molecule has 0 aliphatic carbocycles. The molecule has 0 saturated carbocycles. The fourth-order valence-corrected chi connectivity index (χ4v) is 1.10. The van der Waals surface area contributed by atoms with Crippen LogP contribution in [0.15, 0.2) is 24.5 Å². The Morgan fingerprint density at radius 3 is 3.13 bits per heavy atom. The van der Waals surface area contributed by atoms with Crippen molar-refractivity contribution in [1.82, 2.24) is 10.3 Å². The molecule has 0 aromatic carbocycles. The van der Waals surface area contributed by atoms with Gasteiger partial charge in [0, 0.05) is 18.9 Å². The highest BCUT2D eigenvalue weighted by Crippen LogP contribution is 1.95. The summed E-state index contributed by atoms with van der Waals surface area (Å²) in [6.45, 7) is 3.01. The van der Waals surface area contributed by atoms with E-state index in [9.17, 15) is 4.79 Å². The number of nitrogens with zero attached hydrogens (tertiary/aromatic N) is 1. The number of hydrogen-bond acceptors (Lipinski definition) is 3. The molecule has 0 fully saturated rings. The monoisotopic (exact) mass is 208 g/mol. The van der Waals surface area contributed by atoms with Crippen molar-refractivity contribution in [1.29, 1.82) is 0 Å². The summed E-state index contributed by atoms with van der Waals surface area (Å²) in [6, 6.07) is 3.86. The third-order valence-corrected chi connectivity index (χ3v) is 1.84. The summed E-state index contributed by atoms with van der Waals surface area (Å²) in [7, 11) is 0. The molecule has 0 spiro atoms. The Kier molecular flexibility index (Phi) is 5.22. The molecule has 15 heavy (non-hydrogen) atoms. The van der Waals surface area contributed by atoms with Crippen molar-refractivity contribution < 1.29 is 9.53 Å². The summed E-state index contributed by atoms with van der Waals surface area (Å²) in [6.07, 6.45) is 4.79. The van der Waals surface area contributed by atoms with E-state index in [-0.39, 0.29) is 6.09 Å². The van der Waals surface area contributed by atoms with Crippen LogP contribution >= 0.6 is 0 Å². The van der Waals surface area contributed by atoms with Crippen molar-refractivity contribution in [2.24, 2.45) is 0 Å². The van der Waals surface area contributed by atoms with Gasteiger partial charge in [-0.25, -0.2) is 4.79 Å². The molecule has 0 bridgehead atoms. The van der Waals surface area contributed by atoms with Crippen LogP contribution in [0.3, 0.4) is 0 Å². The maximum absolute atomic E-state index is 11.0. The number of hydrogen-bond donors (Lipinski definition) is 1. The van der Waals surface area contributed by atoms with Crippen molar-refractivity contribution in [2.75, 3.05) is 13.2 Å². The van der Waals surface area contributed by atoms with Gasteiger partial charge in [-0.2, -0.15) is 0 Å². The maximum Gasteiger partial charge on any atom is 0.407 e. The Bertz CT molecular complexity index is 288. The number of rotatable bonds is 5. The predicted octanol–water partition coefficient (Wildman–Crippen LogP) is 1.76. The average molecular weight is 208 g/mol. The van der Waals surface area contributed by atoms with Crippen LogP contribution in [0.25, 0.3) is 0 Å². The summed E-state index contributed by atoms with van der Waals surface area (Å²) >= 11 is 0. The Morgan fingerprint density at radius 2 is 2.47 bits per heavy atom. The highest BCUT2D eigenvalue weighted by atomic mass is 16.5. The van der Waals surface area contributed by atoms with E-state index in [1.807, 2.05) is 19.1 Å². The molecule has 82 valence electrons. The van der Waals surface area contributed by atoms with Crippen molar-refractivity contribution in [3.63, 3.8) is 0 Å². The number of amides is 1. The molecule has 1 rings (SSSR count). The van der Waals surface area contributed by atoms with Crippen LogP contribution in [0.1, 0.15) is 18.9 Å². The first-order chi connectivity index (χ1) is 7.33. The third kappa shape index (κ3) is 5.00. The van der Waals surface area contributed by atoms with Crippen LogP contribution in [0.4, 0.5) is 4.79 Å². The van der Waals surface area contributed by atoms with Crippen LogP contribution < -0.4 is 5.32 Å². The van der Waals surface area contributed by atoms with Gasteiger partial charge in [-0.15, -0.1) is 0 Å². The highest BCUT2D eigenvalue weighted by molar-refractivity contribution is 5.67. The number of carbonyl (C=O) groups excluding carboxylic acids is 1. The lowest BCUT2D eigenvalue weighted by atomic mass is 10.2. The SMILES string of the molecule is CCCOC(=O)NCCc1cccnc1. The average Bonchev–Trinajstić information content (AvgIpc) is 2.28. The molecule has 0 aliphatic rings. The smallest absolute Gasteiger partial charge is 0.407 e. The van der Waals surface area contributed by atoms with E-state index in [0.29, 0.717) is 13.2 Å². The van der Waals surface area contributed by atoms with Crippen LogP contribution in [0.2, 0.25) is 0 Å². The van der Waals surface area contributed by atoms with E-state index in [2.05, 4.69) is 10.3 Å². The second kappa shape index (κ2) is 6.81. The Labute approximate surface area is 89.7 Å². The van der Waals surface area contributed by atoms with Gasteiger partial charge in [-0.1, -0.05) is 13.0 Å². The van der Waals surface area contributed by atoms with Gasteiger partial charge in [0.1, 0.15) is 0 Å². The van der Waals surface area contributed by atoms with Crippen LogP contribution in [-0.4, -0.2) is 24.2 Å². The van der Waals surface area contributed by atoms with Crippen molar-refractivity contribution >= 4 is 6.09 Å². The zero-order valence-corrected chi connectivity index (χ0v) is 8.90. The molecule has 1 aromatic rings. The lowest BCUT2D eigenvalue weighted by Gasteiger charge is -2.05. The number of carbonyl (C=O) groups is 1. The largest absolute Gasteiger partial charge is 0.450 e. The molecule has 1 heterocycles. The van der Waals surface area contributed by atoms with Gasteiger partial charge in [0.15, 0.2) is 0 Å². The topological polar surface area (TPSA) is 51.2 Å². The molecular formula is C11H16N2O2. The summed E-state index contributed by atoms with van der Waals surface area (Å²) in [4.78, 5) is 15.0. The summed E-state index contributed by atoms with van der Waals surface area (Å²) in [5.74, 6) is 0. The molecule has 0 saturated heterocycles. The van der Waals surface area contributed by atoms with Crippen LogP contribution in [0, 0.1) is 0 Å². The Balaban J connectivity index is 2.14. The zero-order valence-electron chi connectivity index (χ0n) is 8.90. The molecule has 1 N–H and O–H groups in total.